The van der Waals surface area contributed by atoms with Crippen LogP contribution in [-0.2, 0) is 16.0 Å². The van der Waals surface area contributed by atoms with Crippen LogP contribution in [0, 0.1) is 6.92 Å². The van der Waals surface area contributed by atoms with Gasteiger partial charge in [-0.25, -0.2) is 4.98 Å². The number of benzene rings is 1. The number of aromatic hydroxyl groups is 1. The van der Waals surface area contributed by atoms with E-state index in [1.807, 2.05) is 30.3 Å². The summed E-state index contributed by atoms with van der Waals surface area (Å²) in [5.74, 6) is -0.523. The summed E-state index contributed by atoms with van der Waals surface area (Å²) in [6, 6.07) is 11.4. The van der Waals surface area contributed by atoms with Gasteiger partial charge in [0.25, 0.3) is 0 Å². The number of rotatable bonds is 3. The van der Waals surface area contributed by atoms with Gasteiger partial charge in [0, 0.05) is 22.9 Å². The Labute approximate surface area is 127 Å². The molecule has 0 aliphatic heterocycles. The quantitative estimate of drug-likeness (QED) is 0.749. The number of aryl methyl sites for hydroxylation is 1. The Hall–Kier alpha value is -2.89. The van der Waals surface area contributed by atoms with Gasteiger partial charge in [0.15, 0.2) is 5.65 Å². The van der Waals surface area contributed by atoms with Crippen molar-refractivity contribution in [2.24, 2.45) is 0 Å². The number of methoxy groups -OCH3 is 1. The van der Waals surface area contributed by atoms with Gasteiger partial charge >= 0.3 is 5.97 Å². The first-order chi connectivity index (χ1) is 10.6. The minimum absolute atomic E-state index is 0.0440. The number of hydrogen-bond donors (Lipinski definition) is 1. The molecule has 0 spiro atoms. The van der Waals surface area contributed by atoms with Gasteiger partial charge in [0.1, 0.15) is 0 Å². The van der Waals surface area contributed by atoms with Crippen LogP contribution in [0.5, 0.6) is 5.88 Å². The van der Waals surface area contributed by atoms with Crippen LogP contribution in [-0.4, -0.2) is 32.8 Å². The Morgan fingerprint density at radius 1 is 1.32 bits per heavy atom. The maximum atomic E-state index is 11.5. The lowest BCUT2D eigenvalue weighted by atomic mass is 10.1. The zero-order valence-corrected chi connectivity index (χ0v) is 12.3. The third-order valence-electron chi connectivity index (χ3n) is 3.50. The van der Waals surface area contributed by atoms with Crippen LogP contribution >= 0.6 is 0 Å². The lowest BCUT2D eigenvalue weighted by molar-refractivity contribution is -0.139. The van der Waals surface area contributed by atoms with E-state index >= 15 is 0 Å². The maximum absolute atomic E-state index is 11.5. The average Bonchev–Trinajstić information content (AvgIpc) is 2.96. The molecule has 1 aromatic carbocycles. The van der Waals surface area contributed by atoms with Crippen molar-refractivity contribution in [2.45, 2.75) is 13.3 Å². The largest absolute Gasteiger partial charge is 0.493 e. The highest BCUT2D eigenvalue weighted by Gasteiger charge is 2.17. The van der Waals surface area contributed by atoms with E-state index < -0.39 is 5.97 Å². The zero-order chi connectivity index (χ0) is 15.7. The summed E-state index contributed by atoms with van der Waals surface area (Å²) in [4.78, 5) is 15.9. The lowest BCUT2D eigenvalue weighted by Crippen LogP contribution is -2.09. The molecule has 0 bridgehead atoms. The molecule has 0 fully saturated rings. The van der Waals surface area contributed by atoms with Gasteiger partial charge in [-0.2, -0.15) is 9.61 Å². The third-order valence-corrected chi connectivity index (χ3v) is 3.50. The first-order valence-electron chi connectivity index (χ1n) is 6.80. The second-order valence-corrected chi connectivity index (χ2v) is 4.92. The van der Waals surface area contributed by atoms with Crippen molar-refractivity contribution in [3.05, 3.63) is 47.7 Å². The summed E-state index contributed by atoms with van der Waals surface area (Å²) < 4.78 is 5.98. The molecule has 112 valence electrons. The van der Waals surface area contributed by atoms with Gasteiger partial charge in [0.2, 0.25) is 5.88 Å². The molecule has 3 rings (SSSR count). The van der Waals surface area contributed by atoms with E-state index in [9.17, 15) is 9.90 Å². The molecule has 2 aromatic heterocycles. The highest BCUT2D eigenvalue weighted by Crippen LogP contribution is 2.25. The number of hydrogen-bond acceptors (Lipinski definition) is 5. The molecule has 0 aliphatic carbocycles. The van der Waals surface area contributed by atoms with Gasteiger partial charge in [-0.3, -0.25) is 4.79 Å². The van der Waals surface area contributed by atoms with Gasteiger partial charge < -0.3 is 9.84 Å². The number of fused-ring (bicyclic) bond motifs is 1. The second-order valence-electron chi connectivity index (χ2n) is 4.92. The van der Waals surface area contributed by atoms with E-state index in [1.54, 1.807) is 13.0 Å². The summed E-state index contributed by atoms with van der Waals surface area (Å²) >= 11 is 0. The minimum Gasteiger partial charge on any atom is -0.493 e. The van der Waals surface area contributed by atoms with E-state index in [2.05, 4.69) is 14.8 Å². The summed E-state index contributed by atoms with van der Waals surface area (Å²) in [5, 5.41) is 14.8. The smallest absolute Gasteiger partial charge is 0.310 e. The highest BCUT2D eigenvalue weighted by atomic mass is 16.5. The summed E-state index contributed by atoms with van der Waals surface area (Å²) in [6.07, 6.45) is -0.0440. The number of ether oxygens (including phenoxy) is 1. The molecule has 6 heteroatoms. The molecule has 3 aromatic rings. The van der Waals surface area contributed by atoms with E-state index in [0.717, 1.165) is 5.56 Å². The van der Waals surface area contributed by atoms with Crippen molar-refractivity contribution >= 4 is 11.6 Å². The molecule has 0 atom stereocenters. The van der Waals surface area contributed by atoms with Gasteiger partial charge in [-0.15, -0.1) is 0 Å². The number of carbonyl (C=O) groups excluding carboxylic acids is 1. The summed E-state index contributed by atoms with van der Waals surface area (Å²) in [5.41, 5.74) is 3.16. The van der Waals surface area contributed by atoms with Crippen LogP contribution in [0.1, 0.15) is 11.3 Å². The molecule has 2 heterocycles. The molecule has 0 radical (unpaired) electrons. The Balaban J connectivity index is 2.13. The number of esters is 1. The van der Waals surface area contributed by atoms with Crippen molar-refractivity contribution in [1.82, 2.24) is 14.6 Å². The minimum atomic E-state index is -0.435. The molecule has 0 saturated carbocycles. The lowest BCUT2D eigenvalue weighted by Gasteiger charge is -2.08. The monoisotopic (exact) mass is 297 g/mol. The van der Waals surface area contributed by atoms with Crippen LogP contribution in [0.25, 0.3) is 16.9 Å². The molecular formula is C16H15N3O3. The zero-order valence-electron chi connectivity index (χ0n) is 12.3. The van der Waals surface area contributed by atoms with Crippen molar-refractivity contribution in [1.29, 1.82) is 0 Å². The predicted octanol–water partition coefficient (Wildman–Crippen LogP) is 2.13. The van der Waals surface area contributed by atoms with Crippen molar-refractivity contribution < 1.29 is 14.6 Å². The predicted molar refractivity (Wildman–Crippen MR) is 80.5 cm³/mol. The number of nitrogens with zero attached hydrogens (tertiary/aromatic N) is 3. The maximum Gasteiger partial charge on any atom is 0.310 e. The van der Waals surface area contributed by atoms with E-state index in [4.69, 9.17) is 0 Å². The molecule has 0 unspecified atom stereocenters. The van der Waals surface area contributed by atoms with Gasteiger partial charge in [-0.1, -0.05) is 30.3 Å². The molecule has 22 heavy (non-hydrogen) atoms. The Kier molecular flexibility index (Phi) is 3.50. The average molecular weight is 297 g/mol. The summed E-state index contributed by atoms with van der Waals surface area (Å²) in [6.45, 7) is 1.74. The van der Waals surface area contributed by atoms with Crippen molar-refractivity contribution in [3.8, 4) is 17.1 Å². The molecule has 0 saturated heterocycles. The Morgan fingerprint density at radius 2 is 2.05 bits per heavy atom. The van der Waals surface area contributed by atoms with Crippen molar-refractivity contribution in [2.75, 3.05) is 7.11 Å². The normalized spacial score (nSPS) is 10.8. The van der Waals surface area contributed by atoms with Crippen LogP contribution < -0.4 is 0 Å². The topological polar surface area (TPSA) is 76.7 Å². The van der Waals surface area contributed by atoms with Crippen molar-refractivity contribution in [3.63, 3.8) is 0 Å². The first-order valence-corrected chi connectivity index (χ1v) is 6.80. The van der Waals surface area contributed by atoms with Crippen LogP contribution in [0.3, 0.4) is 0 Å². The van der Waals surface area contributed by atoms with Crippen LogP contribution in [0.2, 0.25) is 0 Å². The van der Waals surface area contributed by atoms with Crippen LogP contribution in [0.15, 0.2) is 36.4 Å². The SMILES string of the molecule is COC(=O)Cc1c(C)nc2cc(-c3ccccc3)nn2c1O. The summed E-state index contributed by atoms with van der Waals surface area (Å²) in [7, 11) is 1.31. The Bertz CT molecular complexity index is 841. The molecule has 6 nitrogen and oxygen atoms in total. The van der Waals surface area contributed by atoms with Gasteiger partial charge in [0.05, 0.1) is 19.2 Å². The fourth-order valence-electron chi connectivity index (χ4n) is 2.31. The second kappa shape index (κ2) is 5.48. The van der Waals surface area contributed by atoms with E-state index in [-0.39, 0.29) is 12.3 Å². The molecular weight excluding hydrogens is 282 g/mol. The molecule has 0 amide bonds. The first kappa shape index (κ1) is 14.1. The van der Waals surface area contributed by atoms with Gasteiger partial charge in [-0.05, 0) is 6.92 Å². The molecule has 0 aliphatic rings. The highest BCUT2D eigenvalue weighted by molar-refractivity contribution is 5.74. The van der Waals surface area contributed by atoms with E-state index in [1.165, 1.54) is 11.6 Å². The fraction of sp³-hybridized carbons (Fsp3) is 0.188. The number of carbonyl (C=O) groups is 1. The third kappa shape index (κ3) is 2.39. The van der Waals surface area contributed by atoms with Crippen LogP contribution in [0.4, 0.5) is 0 Å². The number of aromatic nitrogens is 3. The Morgan fingerprint density at radius 3 is 2.73 bits per heavy atom. The molecule has 1 N–H and O–H groups in total. The standard InChI is InChI=1S/C16H15N3O3/c1-10-12(8-15(20)22-2)16(21)19-14(17-10)9-13(18-19)11-6-4-3-5-7-11/h3-7,9,21H,8H2,1-2H3. The fourth-order valence-corrected chi connectivity index (χ4v) is 2.31. The van der Waals surface area contributed by atoms with E-state index in [0.29, 0.717) is 22.6 Å².